The maximum Gasteiger partial charge on any atom is 0.0753 e. The number of morpholine rings is 1. The molecule has 3 nitrogen and oxygen atoms in total. The summed E-state index contributed by atoms with van der Waals surface area (Å²) in [6.45, 7) is 14.4. The van der Waals surface area contributed by atoms with Gasteiger partial charge in [0.2, 0.25) is 0 Å². The van der Waals surface area contributed by atoms with Crippen LogP contribution >= 0.6 is 0 Å². The van der Waals surface area contributed by atoms with E-state index in [2.05, 4.69) is 37.9 Å². The van der Waals surface area contributed by atoms with Crippen LogP contribution in [-0.2, 0) is 4.74 Å². The van der Waals surface area contributed by atoms with E-state index in [0.29, 0.717) is 0 Å². The minimum Gasteiger partial charge on any atom is -0.373 e. The molecule has 1 saturated carbocycles. The lowest BCUT2D eigenvalue weighted by Gasteiger charge is -2.49. The lowest BCUT2D eigenvalue weighted by atomic mass is 9.77. The van der Waals surface area contributed by atoms with Crippen LogP contribution in [0, 0.1) is 11.8 Å². The topological polar surface area (TPSA) is 24.5 Å². The minimum atomic E-state index is 0.0454. The summed E-state index contributed by atoms with van der Waals surface area (Å²) in [5.41, 5.74) is 0.0454. The Hall–Kier alpha value is -0.120. The molecule has 0 aromatic heterocycles. The molecule has 18 heavy (non-hydrogen) atoms. The van der Waals surface area contributed by atoms with E-state index < -0.39 is 0 Å². The molecule has 0 spiro atoms. The highest BCUT2D eigenvalue weighted by Gasteiger charge is 2.39. The first-order valence-electron chi connectivity index (χ1n) is 7.57. The van der Waals surface area contributed by atoms with Crippen molar-refractivity contribution >= 4 is 0 Å². The Morgan fingerprint density at radius 2 is 2.11 bits per heavy atom. The predicted octanol–water partition coefficient (Wildman–Crippen LogP) is 2.12. The third-order valence-corrected chi connectivity index (χ3v) is 4.26. The number of ether oxygens (including phenoxy) is 1. The highest BCUT2D eigenvalue weighted by molar-refractivity contribution is 4.93. The van der Waals surface area contributed by atoms with Crippen molar-refractivity contribution in [2.45, 2.75) is 52.2 Å². The van der Waals surface area contributed by atoms with Crippen molar-refractivity contribution in [2.75, 3.05) is 32.8 Å². The van der Waals surface area contributed by atoms with Crippen molar-refractivity contribution in [3.8, 4) is 0 Å². The molecule has 1 aliphatic heterocycles. The molecule has 0 aromatic carbocycles. The van der Waals surface area contributed by atoms with Crippen molar-refractivity contribution in [3.63, 3.8) is 0 Å². The number of nitrogens with zero attached hydrogens (tertiary/aromatic N) is 1. The van der Waals surface area contributed by atoms with Gasteiger partial charge < -0.3 is 10.1 Å². The minimum absolute atomic E-state index is 0.0454. The first-order chi connectivity index (χ1) is 8.48. The summed E-state index contributed by atoms with van der Waals surface area (Å²) in [5, 5.41) is 3.62. The zero-order valence-corrected chi connectivity index (χ0v) is 12.5. The van der Waals surface area contributed by atoms with Gasteiger partial charge in [-0.1, -0.05) is 13.8 Å². The monoisotopic (exact) mass is 254 g/mol. The van der Waals surface area contributed by atoms with Crippen LogP contribution in [0.4, 0.5) is 0 Å². The maximum absolute atomic E-state index is 5.80. The van der Waals surface area contributed by atoms with Gasteiger partial charge in [-0.2, -0.15) is 0 Å². The van der Waals surface area contributed by atoms with Gasteiger partial charge in [0.15, 0.2) is 0 Å². The molecule has 1 N–H and O–H groups in total. The number of rotatable bonds is 5. The van der Waals surface area contributed by atoms with E-state index in [1.54, 1.807) is 0 Å². The lowest BCUT2D eigenvalue weighted by molar-refractivity contribution is -0.114. The van der Waals surface area contributed by atoms with Crippen molar-refractivity contribution in [1.29, 1.82) is 0 Å². The van der Waals surface area contributed by atoms with Crippen LogP contribution in [-0.4, -0.2) is 49.3 Å². The van der Waals surface area contributed by atoms with E-state index >= 15 is 0 Å². The van der Waals surface area contributed by atoms with Gasteiger partial charge in [-0.25, -0.2) is 0 Å². The van der Waals surface area contributed by atoms with Gasteiger partial charge in [0.1, 0.15) is 0 Å². The molecule has 2 aliphatic rings. The molecule has 1 heterocycles. The molecule has 0 amide bonds. The summed E-state index contributed by atoms with van der Waals surface area (Å²) in [6, 6.07) is 0.799. The fourth-order valence-electron chi connectivity index (χ4n) is 3.16. The largest absolute Gasteiger partial charge is 0.373 e. The summed E-state index contributed by atoms with van der Waals surface area (Å²) in [4.78, 5) is 2.66. The number of hydrogen-bond acceptors (Lipinski definition) is 3. The molecule has 2 unspecified atom stereocenters. The van der Waals surface area contributed by atoms with E-state index in [1.807, 2.05) is 0 Å². The smallest absolute Gasteiger partial charge is 0.0753 e. The van der Waals surface area contributed by atoms with Gasteiger partial charge in [0.25, 0.3) is 0 Å². The quantitative estimate of drug-likeness (QED) is 0.813. The van der Waals surface area contributed by atoms with Gasteiger partial charge in [-0.05, 0) is 51.6 Å². The predicted molar refractivity (Wildman–Crippen MR) is 75.8 cm³/mol. The molecular weight excluding hydrogens is 224 g/mol. The van der Waals surface area contributed by atoms with Crippen LogP contribution in [0.1, 0.15) is 40.5 Å². The van der Waals surface area contributed by atoms with E-state index in [4.69, 9.17) is 4.74 Å². The second-order valence-electron chi connectivity index (χ2n) is 7.04. The first-order valence-corrected chi connectivity index (χ1v) is 7.57. The van der Waals surface area contributed by atoms with Crippen molar-refractivity contribution in [1.82, 2.24) is 10.2 Å². The van der Waals surface area contributed by atoms with Crippen molar-refractivity contribution in [3.05, 3.63) is 0 Å². The molecule has 106 valence electrons. The van der Waals surface area contributed by atoms with E-state index in [-0.39, 0.29) is 5.60 Å². The van der Waals surface area contributed by atoms with Crippen molar-refractivity contribution in [2.24, 2.45) is 11.8 Å². The normalized spacial score (nSPS) is 32.5. The second-order valence-corrected chi connectivity index (χ2v) is 7.04. The molecule has 2 rings (SSSR count). The summed E-state index contributed by atoms with van der Waals surface area (Å²) in [6.07, 6.45) is 2.78. The second kappa shape index (κ2) is 5.89. The average Bonchev–Trinajstić information content (AvgIpc) is 2.21. The van der Waals surface area contributed by atoms with Crippen LogP contribution in [0.2, 0.25) is 0 Å². The maximum atomic E-state index is 5.80. The summed E-state index contributed by atoms with van der Waals surface area (Å²) >= 11 is 0. The van der Waals surface area contributed by atoms with Crippen LogP contribution in [0.5, 0.6) is 0 Å². The lowest BCUT2D eigenvalue weighted by Crippen LogP contribution is -2.58. The first kappa shape index (κ1) is 14.3. The Kier molecular flexibility index (Phi) is 4.68. The number of nitrogens with one attached hydrogen (secondary N) is 1. The molecule has 0 bridgehead atoms. The third kappa shape index (κ3) is 3.69. The van der Waals surface area contributed by atoms with Crippen LogP contribution in [0.15, 0.2) is 0 Å². The van der Waals surface area contributed by atoms with Crippen LogP contribution < -0.4 is 5.32 Å². The molecule has 2 fully saturated rings. The van der Waals surface area contributed by atoms with Crippen molar-refractivity contribution < 1.29 is 4.74 Å². The Bertz CT molecular complexity index is 265. The van der Waals surface area contributed by atoms with Gasteiger partial charge in [0, 0.05) is 19.1 Å². The van der Waals surface area contributed by atoms with Crippen LogP contribution in [0.3, 0.4) is 0 Å². The highest BCUT2D eigenvalue weighted by atomic mass is 16.5. The van der Waals surface area contributed by atoms with Gasteiger partial charge >= 0.3 is 0 Å². The third-order valence-electron chi connectivity index (χ3n) is 4.26. The molecule has 1 aliphatic carbocycles. The van der Waals surface area contributed by atoms with Gasteiger partial charge in [0.05, 0.1) is 12.2 Å². The Morgan fingerprint density at radius 1 is 1.33 bits per heavy atom. The fraction of sp³-hybridized carbons (Fsp3) is 1.00. The Balaban J connectivity index is 1.75. The zero-order chi connectivity index (χ0) is 13.2. The SMILES string of the molecule is CC(C)CNCC1CCC1N1CCOC(C)(C)C1. The average molecular weight is 254 g/mol. The standard InChI is InChI=1S/C15H30N2O/c1-12(2)9-16-10-13-5-6-14(13)17-7-8-18-15(3,4)11-17/h12-14,16H,5-11H2,1-4H3. The van der Waals surface area contributed by atoms with E-state index in [1.165, 1.54) is 19.4 Å². The summed E-state index contributed by atoms with van der Waals surface area (Å²) in [7, 11) is 0. The zero-order valence-electron chi connectivity index (χ0n) is 12.5. The Morgan fingerprint density at radius 3 is 2.67 bits per heavy atom. The molecule has 1 saturated heterocycles. The summed E-state index contributed by atoms with van der Waals surface area (Å²) in [5.74, 6) is 1.61. The van der Waals surface area contributed by atoms with Gasteiger partial charge in [-0.15, -0.1) is 0 Å². The molecule has 3 heteroatoms. The molecular formula is C15H30N2O. The highest BCUT2D eigenvalue weighted by Crippen LogP contribution is 2.34. The van der Waals surface area contributed by atoms with E-state index in [0.717, 1.165) is 44.1 Å². The molecule has 2 atom stereocenters. The van der Waals surface area contributed by atoms with Crippen LogP contribution in [0.25, 0.3) is 0 Å². The number of hydrogen-bond donors (Lipinski definition) is 1. The molecule has 0 aromatic rings. The summed E-state index contributed by atoms with van der Waals surface area (Å²) < 4.78 is 5.80. The van der Waals surface area contributed by atoms with Gasteiger partial charge in [-0.3, -0.25) is 4.90 Å². The Labute approximate surface area is 112 Å². The molecule has 0 radical (unpaired) electrons. The fourth-order valence-corrected chi connectivity index (χ4v) is 3.16. The van der Waals surface area contributed by atoms with E-state index in [9.17, 15) is 0 Å².